The lowest BCUT2D eigenvalue weighted by molar-refractivity contribution is 0.0556. The first-order valence-electron chi connectivity index (χ1n) is 3.93. The number of aliphatic hydroxyl groups is 1. The van der Waals surface area contributed by atoms with E-state index in [1.54, 1.807) is 0 Å². The molecule has 2 atom stereocenters. The first kappa shape index (κ1) is 8.02. The van der Waals surface area contributed by atoms with Crippen molar-refractivity contribution in [2.75, 3.05) is 0 Å². The summed E-state index contributed by atoms with van der Waals surface area (Å²) >= 11 is 0. The van der Waals surface area contributed by atoms with Gasteiger partial charge in [0, 0.05) is 6.04 Å². The average Bonchev–Trinajstić information content (AvgIpc) is 1.54. The Labute approximate surface area is 62.4 Å². The number of aliphatic hydroxyl groups excluding tert-OH is 1. The zero-order valence-electron chi connectivity index (χ0n) is 6.80. The first-order chi connectivity index (χ1) is 4.49. The molecule has 0 aromatic rings. The van der Waals surface area contributed by atoms with Crippen molar-refractivity contribution in [3.05, 3.63) is 0 Å². The molecular weight excluding hydrogens is 126 g/mol. The highest BCUT2D eigenvalue weighted by molar-refractivity contribution is 4.85. The van der Waals surface area contributed by atoms with E-state index in [9.17, 15) is 5.11 Å². The van der Waals surface area contributed by atoms with Crippen LogP contribution in [0.4, 0.5) is 0 Å². The second kappa shape index (κ2) is 2.51. The molecule has 0 aromatic heterocycles. The third-order valence-electron chi connectivity index (χ3n) is 2.18. The van der Waals surface area contributed by atoms with Crippen molar-refractivity contribution in [3.63, 3.8) is 0 Å². The maximum Gasteiger partial charge on any atom is 0.0560 e. The summed E-state index contributed by atoms with van der Waals surface area (Å²) in [7, 11) is 0. The molecule has 2 heteroatoms. The highest BCUT2D eigenvalue weighted by Gasteiger charge is 2.30. The van der Waals surface area contributed by atoms with Gasteiger partial charge >= 0.3 is 0 Å². The Kier molecular flexibility index (Phi) is 2.02. The van der Waals surface area contributed by atoms with E-state index in [1.165, 1.54) is 0 Å². The van der Waals surface area contributed by atoms with Gasteiger partial charge in [-0.3, -0.25) is 0 Å². The Hall–Kier alpha value is -0.0800. The van der Waals surface area contributed by atoms with Crippen LogP contribution in [0, 0.1) is 5.41 Å². The van der Waals surface area contributed by atoms with E-state index in [1.807, 2.05) is 0 Å². The van der Waals surface area contributed by atoms with Crippen molar-refractivity contribution < 1.29 is 5.11 Å². The summed E-state index contributed by atoms with van der Waals surface area (Å²) in [4.78, 5) is 0. The third kappa shape index (κ3) is 1.96. The molecule has 0 unspecified atom stereocenters. The summed E-state index contributed by atoms with van der Waals surface area (Å²) in [6, 6.07) is 0.207. The van der Waals surface area contributed by atoms with Crippen LogP contribution in [0.3, 0.4) is 0 Å². The first-order valence-corrected chi connectivity index (χ1v) is 3.93. The van der Waals surface area contributed by atoms with E-state index < -0.39 is 0 Å². The van der Waals surface area contributed by atoms with E-state index in [-0.39, 0.29) is 17.6 Å². The number of nitrogens with two attached hydrogens (primary N) is 1. The lowest BCUT2D eigenvalue weighted by Crippen LogP contribution is -2.39. The summed E-state index contributed by atoms with van der Waals surface area (Å²) in [5, 5.41) is 9.34. The van der Waals surface area contributed by atoms with Crippen LogP contribution >= 0.6 is 0 Å². The molecule has 2 nitrogen and oxygen atoms in total. The van der Waals surface area contributed by atoms with Gasteiger partial charge in [-0.2, -0.15) is 0 Å². The molecule has 0 aromatic carbocycles. The predicted molar refractivity (Wildman–Crippen MR) is 41.6 cm³/mol. The Bertz CT molecular complexity index is 110. The largest absolute Gasteiger partial charge is 0.393 e. The minimum Gasteiger partial charge on any atom is -0.393 e. The van der Waals surface area contributed by atoms with Crippen molar-refractivity contribution in [1.29, 1.82) is 0 Å². The monoisotopic (exact) mass is 143 g/mol. The molecule has 1 fully saturated rings. The molecule has 0 bridgehead atoms. The van der Waals surface area contributed by atoms with Crippen LogP contribution < -0.4 is 5.73 Å². The fraction of sp³-hybridized carbons (Fsp3) is 1.00. The van der Waals surface area contributed by atoms with Gasteiger partial charge in [0.2, 0.25) is 0 Å². The maximum atomic E-state index is 9.34. The molecule has 1 aliphatic carbocycles. The van der Waals surface area contributed by atoms with Crippen LogP contribution in [-0.2, 0) is 0 Å². The lowest BCUT2D eigenvalue weighted by Gasteiger charge is -2.36. The fourth-order valence-corrected chi connectivity index (χ4v) is 1.95. The second-order valence-corrected chi connectivity index (χ2v) is 4.22. The van der Waals surface area contributed by atoms with Gasteiger partial charge in [0.25, 0.3) is 0 Å². The average molecular weight is 143 g/mol. The Morgan fingerprint density at radius 2 is 2.00 bits per heavy atom. The minimum atomic E-state index is -0.168. The van der Waals surface area contributed by atoms with Gasteiger partial charge in [0.15, 0.2) is 0 Å². The van der Waals surface area contributed by atoms with Gasteiger partial charge in [0.05, 0.1) is 6.10 Å². The van der Waals surface area contributed by atoms with Crippen molar-refractivity contribution in [1.82, 2.24) is 0 Å². The Morgan fingerprint density at radius 3 is 2.40 bits per heavy atom. The maximum absolute atomic E-state index is 9.34. The summed E-state index contributed by atoms with van der Waals surface area (Å²) in [6.45, 7) is 4.32. The highest BCUT2D eigenvalue weighted by Crippen LogP contribution is 2.34. The standard InChI is InChI=1S/C8H17NO/c1-8(2)4-6(9)3-7(10)5-8/h6-7,10H,3-5,9H2,1-2H3/t6-,7-/m1/s1. The van der Waals surface area contributed by atoms with E-state index in [0.717, 1.165) is 19.3 Å². The second-order valence-electron chi connectivity index (χ2n) is 4.22. The van der Waals surface area contributed by atoms with E-state index in [4.69, 9.17) is 5.73 Å². The third-order valence-corrected chi connectivity index (χ3v) is 2.18. The van der Waals surface area contributed by atoms with E-state index in [0.29, 0.717) is 0 Å². The van der Waals surface area contributed by atoms with E-state index >= 15 is 0 Å². The van der Waals surface area contributed by atoms with Crippen LogP contribution in [0.15, 0.2) is 0 Å². The molecule has 60 valence electrons. The van der Waals surface area contributed by atoms with Gasteiger partial charge < -0.3 is 10.8 Å². The van der Waals surface area contributed by atoms with Gasteiger partial charge in [-0.05, 0) is 24.7 Å². The summed E-state index contributed by atoms with van der Waals surface area (Å²) in [5.74, 6) is 0. The van der Waals surface area contributed by atoms with Gasteiger partial charge in [-0.25, -0.2) is 0 Å². The summed E-state index contributed by atoms with van der Waals surface area (Å²) in [5.41, 5.74) is 5.99. The molecule has 1 aliphatic rings. The van der Waals surface area contributed by atoms with Crippen LogP contribution in [0.2, 0.25) is 0 Å². The van der Waals surface area contributed by atoms with Gasteiger partial charge in [-0.15, -0.1) is 0 Å². The highest BCUT2D eigenvalue weighted by atomic mass is 16.3. The minimum absolute atomic E-state index is 0.168. The van der Waals surface area contributed by atoms with Crippen LogP contribution in [-0.4, -0.2) is 17.3 Å². The molecule has 1 rings (SSSR count). The van der Waals surface area contributed by atoms with Crippen LogP contribution in [0.1, 0.15) is 33.1 Å². The lowest BCUT2D eigenvalue weighted by atomic mass is 9.74. The van der Waals surface area contributed by atoms with Crippen LogP contribution in [0.5, 0.6) is 0 Å². The molecule has 0 amide bonds. The molecule has 0 spiro atoms. The summed E-state index contributed by atoms with van der Waals surface area (Å²) in [6.07, 6.45) is 2.56. The van der Waals surface area contributed by atoms with Crippen molar-refractivity contribution in [2.45, 2.75) is 45.3 Å². The van der Waals surface area contributed by atoms with E-state index in [2.05, 4.69) is 13.8 Å². The molecule has 3 N–H and O–H groups in total. The SMILES string of the molecule is CC1(C)C[C@H](N)C[C@@H](O)C1. The zero-order chi connectivity index (χ0) is 7.78. The molecule has 0 saturated heterocycles. The quantitative estimate of drug-likeness (QED) is 0.529. The Morgan fingerprint density at radius 1 is 1.40 bits per heavy atom. The van der Waals surface area contributed by atoms with Gasteiger partial charge in [-0.1, -0.05) is 13.8 Å². The predicted octanol–water partition coefficient (Wildman–Crippen LogP) is 0.885. The van der Waals surface area contributed by atoms with Crippen molar-refractivity contribution in [2.24, 2.45) is 11.1 Å². The molecule has 0 aliphatic heterocycles. The summed E-state index contributed by atoms with van der Waals surface area (Å²) < 4.78 is 0. The molecular formula is C8H17NO. The fourth-order valence-electron chi connectivity index (χ4n) is 1.95. The number of hydrogen-bond acceptors (Lipinski definition) is 2. The molecule has 10 heavy (non-hydrogen) atoms. The molecule has 0 radical (unpaired) electrons. The normalized spacial score (nSPS) is 39.6. The van der Waals surface area contributed by atoms with Crippen molar-refractivity contribution >= 4 is 0 Å². The zero-order valence-corrected chi connectivity index (χ0v) is 6.80. The topological polar surface area (TPSA) is 46.2 Å². The Balaban J connectivity index is 2.51. The smallest absolute Gasteiger partial charge is 0.0560 e. The van der Waals surface area contributed by atoms with Crippen LogP contribution in [0.25, 0.3) is 0 Å². The molecule has 0 heterocycles. The molecule has 1 saturated carbocycles. The van der Waals surface area contributed by atoms with Gasteiger partial charge in [0.1, 0.15) is 0 Å². The number of hydrogen-bond donors (Lipinski definition) is 2. The number of rotatable bonds is 0. The van der Waals surface area contributed by atoms with Crippen molar-refractivity contribution in [3.8, 4) is 0 Å².